The highest BCUT2D eigenvalue weighted by atomic mass is 35.5. The van der Waals surface area contributed by atoms with Crippen molar-refractivity contribution in [3.63, 3.8) is 0 Å². The summed E-state index contributed by atoms with van der Waals surface area (Å²) < 4.78 is 0. The quantitative estimate of drug-likeness (QED) is 0.310. The molecule has 0 atom stereocenters. The van der Waals surface area contributed by atoms with Crippen molar-refractivity contribution in [2.24, 2.45) is 0 Å². The summed E-state index contributed by atoms with van der Waals surface area (Å²) in [4.78, 5) is 37.7. The van der Waals surface area contributed by atoms with Gasteiger partial charge in [0.25, 0.3) is 0 Å². The van der Waals surface area contributed by atoms with Gasteiger partial charge in [-0.3, -0.25) is 14.4 Å². The highest BCUT2D eigenvalue weighted by molar-refractivity contribution is 6.39. The van der Waals surface area contributed by atoms with Gasteiger partial charge in [0, 0.05) is 27.3 Å². The Morgan fingerprint density at radius 3 is 1.94 bits per heavy atom. The van der Waals surface area contributed by atoms with Gasteiger partial charge in [-0.05, 0) is 47.2 Å². The van der Waals surface area contributed by atoms with Gasteiger partial charge in [0.15, 0.2) is 17.3 Å². The van der Waals surface area contributed by atoms with Crippen LogP contribution in [-0.2, 0) is 0 Å². The molecule has 0 saturated heterocycles. The number of Topliss-reactive ketones (excluding diaryl/α,β-unsaturated/α-hetero) is 3. The molecule has 3 aromatic rings. The average Bonchev–Trinajstić information content (AvgIpc) is 3.19. The standard InChI is InChI=1S/C27H15ClO4/c28-17(9-11-20-24(29)18-7-3-4-8-19(18)25(20)30)10-12-21-26(31)22-13-15-5-1-2-6-16(15)14-23(22)27(21)32/h1-14,31H. The lowest BCUT2D eigenvalue weighted by Gasteiger charge is -2.02. The van der Waals surface area contributed by atoms with Crippen LogP contribution in [0, 0.1) is 0 Å². The van der Waals surface area contributed by atoms with E-state index in [0.717, 1.165) is 10.8 Å². The zero-order chi connectivity index (χ0) is 22.4. The van der Waals surface area contributed by atoms with Gasteiger partial charge >= 0.3 is 0 Å². The summed E-state index contributed by atoms with van der Waals surface area (Å²) in [7, 11) is 0. The second-order valence-electron chi connectivity index (χ2n) is 7.51. The number of allylic oxidation sites excluding steroid dienone is 7. The Balaban J connectivity index is 1.42. The third-order valence-corrected chi connectivity index (χ3v) is 5.86. The summed E-state index contributed by atoms with van der Waals surface area (Å²) >= 11 is 6.23. The van der Waals surface area contributed by atoms with E-state index in [0.29, 0.717) is 22.3 Å². The van der Waals surface area contributed by atoms with Gasteiger partial charge in [-0.25, -0.2) is 0 Å². The number of hydrogen-bond acceptors (Lipinski definition) is 4. The minimum absolute atomic E-state index is 0.0378. The number of rotatable bonds is 3. The number of fused-ring (bicyclic) bond motifs is 3. The van der Waals surface area contributed by atoms with Crippen molar-refractivity contribution in [1.29, 1.82) is 0 Å². The maximum atomic E-state index is 12.8. The van der Waals surface area contributed by atoms with Crippen LogP contribution in [0.1, 0.15) is 36.6 Å². The lowest BCUT2D eigenvalue weighted by molar-refractivity contribution is 0.0986. The first kappa shape index (κ1) is 19.9. The molecule has 154 valence electrons. The Morgan fingerprint density at radius 2 is 1.31 bits per heavy atom. The van der Waals surface area contributed by atoms with Crippen molar-refractivity contribution >= 4 is 45.5 Å². The first-order valence-electron chi connectivity index (χ1n) is 9.91. The largest absolute Gasteiger partial charge is 0.507 e. The molecule has 0 amide bonds. The number of halogens is 1. The molecule has 4 nitrogen and oxygen atoms in total. The van der Waals surface area contributed by atoms with Gasteiger partial charge in [0.05, 0.1) is 11.1 Å². The second-order valence-corrected chi connectivity index (χ2v) is 7.94. The SMILES string of the molecule is O=C1C(=CC=C(Cl)C=CC2=C(O)c3cc4ccccc4cc3C2=O)C(=O)c2ccccc21. The second kappa shape index (κ2) is 7.59. The minimum Gasteiger partial charge on any atom is -0.507 e. The van der Waals surface area contributed by atoms with E-state index in [1.165, 1.54) is 24.3 Å². The topological polar surface area (TPSA) is 71.4 Å². The van der Waals surface area contributed by atoms with E-state index >= 15 is 0 Å². The van der Waals surface area contributed by atoms with Crippen molar-refractivity contribution in [3.05, 3.63) is 123 Å². The van der Waals surface area contributed by atoms with Crippen molar-refractivity contribution < 1.29 is 19.5 Å². The van der Waals surface area contributed by atoms with Crippen molar-refractivity contribution in [3.8, 4) is 0 Å². The fraction of sp³-hybridized carbons (Fsp3) is 0. The molecule has 32 heavy (non-hydrogen) atoms. The van der Waals surface area contributed by atoms with Crippen molar-refractivity contribution in [2.45, 2.75) is 0 Å². The fourth-order valence-electron chi connectivity index (χ4n) is 3.98. The molecule has 3 aromatic carbocycles. The highest BCUT2D eigenvalue weighted by Gasteiger charge is 2.32. The molecule has 0 fully saturated rings. The van der Waals surface area contributed by atoms with Crippen LogP contribution in [-0.4, -0.2) is 22.5 Å². The lowest BCUT2D eigenvalue weighted by Crippen LogP contribution is -1.99. The molecule has 0 aromatic heterocycles. The third kappa shape index (κ3) is 3.13. The van der Waals surface area contributed by atoms with Crippen LogP contribution in [0.3, 0.4) is 0 Å². The Labute approximate surface area is 188 Å². The van der Waals surface area contributed by atoms with Crippen molar-refractivity contribution in [1.82, 2.24) is 0 Å². The normalized spacial score (nSPS) is 15.8. The Morgan fingerprint density at radius 1 is 0.750 bits per heavy atom. The predicted octanol–water partition coefficient (Wildman–Crippen LogP) is 5.99. The van der Waals surface area contributed by atoms with Crippen LogP contribution in [0.5, 0.6) is 0 Å². The van der Waals surface area contributed by atoms with Crippen LogP contribution in [0.2, 0.25) is 0 Å². The molecule has 0 unspecified atom stereocenters. The summed E-state index contributed by atoms with van der Waals surface area (Å²) in [6, 6.07) is 17.8. The summed E-state index contributed by atoms with van der Waals surface area (Å²) in [5, 5.41) is 12.6. The number of aliphatic hydroxyl groups excluding tert-OH is 1. The smallest absolute Gasteiger partial charge is 0.197 e. The van der Waals surface area contributed by atoms with E-state index in [2.05, 4.69) is 0 Å². The van der Waals surface area contributed by atoms with E-state index in [1.54, 1.807) is 36.4 Å². The summed E-state index contributed by atoms with van der Waals surface area (Å²) in [5.74, 6) is -1.08. The zero-order valence-electron chi connectivity index (χ0n) is 16.6. The summed E-state index contributed by atoms with van der Waals surface area (Å²) in [6.07, 6.45) is 5.69. The average molecular weight is 439 g/mol. The Bertz CT molecular complexity index is 1450. The first-order valence-corrected chi connectivity index (χ1v) is 10.3. The molecule has 0 saturated carbocycles. The number of carbonyl (C=O) groups is 3. The molecule has 2 aliphatic rings. The van der Waals surface area contributed by atoms with Crippen LogP contribution in [0.15, 0.2) is 101 Å². The monoisotopic (exact) mass is 438 g/mol. The molecule has 2 aliphatic carbocycles. The van der Waals surface area contributed by atoms with Gasteiger partial charge in [0.1, 0.15) is 5.76 Å². The molecule has 5 rings (SSSR count). The Hall–Kier alpha value is -4.02. The maximum absolute atomic E-state index is 12.8. The Kier molecular flexibility index (Phi) is 4.72. The molecular formula is C27H15ClO4. The van der Waals surface area contributed by atoms with Gasteiger partial charge < -0.3 is 5.11 Å². The van der Waals surface area contributed by atoms with E-state index in [-0.39, 0.29) is 39.3 Å². The molecular weight excluding hydrogens is 424 g/mol. The fourth-order valence-corrected chi connectivity index (χ4v) is 4.11. The number of benzene rings is 3. The number of carbonyl (C=O) groups excluding carboxylic acids is 3. The minimum atomic E-state index is -0.343. The number of aliphatic hydroxyl groups is 1. The van der Waals surface area contributed by atoms with Crippen molar-refractivity contribution in [2.75, 3.05) is 0 Å². The molecule has 5 heteroatoms. The molecule has 0 heterocycles. The summed E-state index contributed by atoms with van der Waals surface area (Å²) in [5.41, 5.74) is 1.84. The van der Waals surface area contributed by atoms with Gasteiger partial charge in [0.2, 0.25) is 0 Å². The third-order valence-electron chi connectivity index (χ3n) is 5.61. The maximum Gasteiger partial charge on any atom is 0.197 e. The molecule has 0 radical (unpaired) electrons. The van der Waals surface area contributed by atoms with E-state index < -0.39 is 0 Å². The van der Waals surface area contributed by atoms with E-state index in [1.807, 2.05) is 24.3 Å². The molecule has 0 bridgehead atoms. The molecule has 0 aliphatic heterocycles. The van der Waals surface area contributed by atoms with Gasteiger partial charge in [-0.1, -0.05) is 60.1 Å². The van der Waals surface area contributed by atoms with E-state index in [9.17, 15) is 19.5 Å². The predicted molar refractivity (Wildman–Crippen MR) is 124 cm³/mol. The number of ketones is 3. The number of hydrogen-bond donors (Lipinski definition) is 1. The summed E-state index contributed by atoms with van der Waals surface area (Å²) in [6.45, 7) is 0. The van der Waals surface area contributed by atoms with E-state index in [4.69, 9.17) is 11.6 Å². The molecule has 1 N–H and O–H groups in total. The highest BCUT2D eigenvalue weighted by Crippen LogP contribution is 2.35. The molecule has 0 spiro atoms. The van der Waals surface area contributed by atoms with Crippen LogP contribution < -0.4 is 0 Å². The van der Waals surface area contributed by atoms with Gasteiger partial charge in [-0.15, -0.1) is 0 Å². The van der Waals surface area contributed by atoms with Crippen LogP contribution in [0.4, 0.5) is 0 Å². The van der Waals surface area contributed by atoms with Gasteiger partial charge in [-0.2, -0.15) is 0 Å². The first-order chi connectivity index (χ1) is 15.5. The van der Waals surface area contributed by atoms with Crippen LogP contribution in [0.25, 0.3) is 16.5 Å². The van der Waals surface area contributed by atoms with Crippen LogP contribution >= 0.6 is 11.6 Å². The zero-order valence-corrected chi connectivity index (χ0v) is 17.4. The lowest BCUT2D eigenvalue weighted by atomic mass is 10.0.